The Hall–Kier alpha value is -3.62. The van der Waals surface area contributed by atoms with E-state index >= 15 is 0 Å². The summed E-state index contributed by atoms with van der Waals surface area (Å²) in [5, 5.41) is 19.5. The third-order valence-electron chi connectivity index (χ3n) is 4.97. The molecule has 3 N–H and O–H groups in total. The monoisotopic (exact) mass is 425 g/mol. The Morgan fingerprint density at radius 1 is 1.10 bits per heavy atom. The summed E-state index contributed by atoms with van der Waals surface area (Å²) in [4.78, 5) is 37.4. The van der Waals surface area contributed by atoms with Gasteiger partial charge in [-0.15, -0.1) is 0 Å². The third kappa shape index (κ3) is 5.94. The van der Waals surface area contributed by atoms with Crippen LogP contribution in [0.25, 0.3) is 0 Å². The molecule has 0 spiro atoms. The van der Waals surface area contributed by atoms with Gasteiger partial charge in [-0.3, -0.25) is 14.9 Å². The molecule has 1 heterocycles. The van der Waals surface area contributed by atoms with Crippen LogP contribution in [-0.2, 0) is 6.54 Å². The molecule has 2 aromatic rings. The maximum atomic E-state index is 12.9. The number of amides is 3. The minimum absolute atomic E-state index is 0.0359. The number of benzene rings is 2. The molecule has 3 rings (SSSR count). The van der Waals surface area contributed by atoms with Crippen LogP contribution in [0.2, 0.25) is 0 Å². The van der Waals surface area contributed by atoms with Crippen LogP contribution in [0.4, 0.5) is 21.9 Å². The first-order valence-corrected chi connectivity index (χ1v) is 10.3. The van der Waals surface area contributed by atoms with Gasteiger partial charge in [-0.25, -0.2) is 4.79 Å². The molecule has 164 valence electrons. The molecule has 1 saturated heterocycles. The SMILES string of the molecule is CC(C)NC(=O)Nc1ccc(CNC(=O)c2cc([N+](=O)[O-])ccc2N2CCCC2)cc1. The minimum atomic E-state index is -0.494. The standard InChI is InChI=1S/C22H27N5O4/c1-15(2)24-22(29)25-17-7-5-16(6-8-17)14-23-21(28)19-13-18(27(30)31)9-10-20(19)26-11-3-4-12-26/h5-10,13,15H,3-4,11-12,14H2,1-2H3,(H,23,28)(H2,24,25,29). The van der Waals surface area contributed by atoms with Crippen molar-refractivity contribution in [3.05, 3.63) is 63.7 Å². The Labute approximate surface area is 181 Å². The van der Waals surface area contributed by atoms with Crippen LogP contribution in [0.1, 0.15) is 42.6 Å². The first-order chi connectivity index (χ1) is 14.8. The van der Waals surface area contributed by atoms with Gasteiger partial charge in [0.25, 0.3) is 11.6 Å². The van der Waals surface area contributed by atoms with Crippen molar-refractivity contribution in [1.82, 2.24) is 10.6 Å². The lowest BCUT2D eigenvalue weighted by Gasteiger charge is -2.21. The van der Waals surface area contributed by atoms with Gasteiger partial charge in [0, 0.05) is 43.5 Å². The Bertz CT molecular complexity index is 953. The second-order valence-corrected chi connectivity index (χ2v) is 7.79. The highest BCUT2D eigenvalue weighted by Crippen LogP contribution is 2.28. The lowest BCUT2D eigenvalue weighted by atomic mass is 10.1. The fourth-order valence-electron chi connectivity index (χ4n) is 3.47. The minimum Gasteiger partial charge on any atom is -0.371 e. The molecule has 0 unspecified atom stereocenters. The fourth-order valence-corrected chi connectivity index (χ4v) is 3.47. The average Bonchev–Trinajstić information content (AvgIpc) is 3.26. The summed E-state index contributed by atoms with van der Waals surface area (Å²) < 4.78 is 0. The Morgan fingerprint density at radius 2 is 1.77 bits per heavy atom. The van der Waals surface area contributed by atoms with Crippen molar-refractivity contribution in [2.75, 3.05) is 23.3 Å². The molecule has 31 heavy (non-hydrogen) atoms. The first-order valence-electron chi connectivity index (χ1n) is 10.3. The van der Waals surface area contributed by atoms with Crippen LogP contribution in [0.5, 0.6) is 0 Å². The van der Waals surface area contributed by atoms with E-state index in [-0.39, 0.29) is 30.2 Å². The Balaban J connectivity index is 1.66. The quantitative estimate of drug-likeness (QED) is 0.462. The predicted octanol–water partition coefficient (Wildman–Crippen LogP) is 3.65. The van der Waals surface area contributed by atoms with Crippen LogP contribution in [-0.4, -0.2) is 36.0 Å². The fraction of sp³-hybridized carbons (Fsp3) is 0.364. The van der Waals surface area contributed by atoms with Crippen molar-refractivity contribution in [1.29, 1.82) is 0 Å². The maximum absolute atomic E-state index is 12.9. The molecular weight excluding hydrogens is 398 g/mol. The molecule has 9 nitrogen and oxygen atoms in total. The van der Waals surface area contributed by atoms with Gasteiger partial charge in [0.1, 0.15) is 0 Å². The van der Waals surface area contributed by atoms with Crippen molar-refractivity contribution in [3.63, 3.8) is 0 Å². The number of nitrogens with one attached hydrogen (secondary N) is 3. The molecule has 0 aromatic heterocycles. The third-order valence-corrected chi connectivity index (χ3v) is 4.97. The highest BCUT2D eigenvalue weighted by Gasteiger charge is 2.22. The second-order valence-electron chi connectivity index (χ2n) is 7.79. The van der Waals surface area contributed by atoms with E-state index in [4.69, 9.17) is 0 Å². The molecule has 0 aliphatic carbocycles. The van der Waals surface area contributed by atoms with Crippen LogP contribution < -0.4 is 20.9 Å². The summed E-state index contributed by atoms with van der Waals surface area (Å²) in [6.07, 6.45) is 2.07. The van der Waals surface area contributed by atoms with Crippen LogP contribution in [0.3, 0.4) is 0 Å². The van der Waals surface area contributed by atoms with E-state index in [1.54, 1.807) is 30.3 Å². The molecule has 1 fully saturated rings. The van der Waals surface area contributed by atoms with E-state index in [1.165, 1.54) is 12.1 Å². The van der Waals surface area contributed by atoms with E-state index in [9.17, 15) is 19.7 Å². The van der Waals surface area contributed by atoms with Gasteiger partial charge in [-0.05, 0) is 50.5 Å². The molecule has 2 aromatic carbocycles. The predicted molar refractivity (Wildman–Crippen MR) is 119 cm³/mol. The normalized spacial score (nSPS) is 13.2. The zero-order chi connectivity index (χ0) is 22.4. The van der Waals surface area contributed by atoms with Gasteiger partial charge in [0.2, 0.25) is 0 Å². The molecule has 1 aliphatic rings. The number of nitrogens with zero attached hydrogens (tertiary/aromatic N) is 2. The van der Waals surface area contributed by atoms with Gasteiger partial charge in [0.05, 0.1) is 16.2 Å². The number of rotatable bonds is 7. The van der Waals surface area contributed by atoms with Gasteiger partial charge in [0.15, 0.2) is 0 Å². The highest BCUT2D eigenvalue weighted by atomic mass is 16.6. The summed E-state index contributed by atoms with van der Waals surface area (Å²) in [5.41, 5.74) is 2.40. The Kier molecular flexibility index (Phi) is 7.07. The second kappa shape index (κ2) is 9.92. The number of urea groups is 1. The van der Waals surface area contributed by atoms with Crippen molar-refractivity contribution in [3.8, 4) is 0 Å². The molecule has 1 aliphatic heterocycles. The van der Waals surface area contributed by atoms with Crippen LogP contribution >= 0.6 is 0 Å². The topological polar surface area (TPSA) is 117 Å². The van der Waals surface area contributed by atoms with Crippen LogP contribution in [0, 0.1) is 10.1 Å². The van der Waals surface area contributed by atoms with Gasteiger partial charge in [-0.1, -0.05) is 12.1 Å². The van der Waals surface area contributed by atoms with Crippen molar-refractivity contribution in [2.24, 2.45) is 0 Å². The van der Waals surface area contributed by atoms with E-state index in [0.29, 0.717) is 11.3 Å². The number of non-ortho nitro benzene ring substituents is 1. The first kappa shape index (κ1) is 22.1. The summed E-state index contributed by atoms with van der Waals surface area (Å²) in [7, 11) is 0. The van der Waals surface area contributed by atoms with E-state index in [1.807, 2.05) is 13.8 Å². The van der Waals surface area contributed by atoms with Crippen molar-refractivity contribution >= 4 is 29.0 Å². The van der Waals surface area contributed by atoms with E-state index in [0.717, 1.165) is 37.2 Å². The van der Waals surface area contributed by atoms with Gasteiger partial charge < -0.3 is 20.9 Å². The van der Waals surface area contributed by atoms with E-state index in [2.05, 4.69) is 20.9 Å². The number of carbonyl (C=O) groups is 2. The number of nitro benzene ring substituents is 1. The smallest absolute Gasteiger partial charge is 0.319 e. The summed E-state index contributed by atoms with van der Waals surface area (Å²) in [6, 6.07) is 11.3. The lowest BCUT2D eigenvalue weighted by Crippen LogP contribution is -2.34. The molecule has 0 radical (unpaired) electrons. The molecule has 0 saturated carbocycles. The summed E-state index contributed by atoms with van der Waals surface area (Å²) >= 11 is 0. The van der Waals surface area contributed by atoms with Crippen LogP contribution in [0.15, 0.2) is 42.5 Å². The molecular formula is C22H27N5O4. The summed E-state index contributed by atoms with van der Waals surface area (Å²) in [6.45, 7) is 5.68. The van der Waals surface area contributed by atoms with Gasteiger partial charge in [-0.2, -0.15) is 0 Å². The number of anilines is 2. The largest absolute Gasteiger partial charge is 0.371 e. The van der Waals surface area contributed by atoms with Gasteiger partial charge >= 0.3 is 6.03 Å². The average molecular weight is 425 g/mol. The summed E-state index contributed by atoms with van der Waals surface area (Å²) in [5.74, 6) is -0.357. The number of hydrogen-bond acceptors (Lipinski definition) is 5. The molecule has 9 heteroatoms. The molecule has 0 atom stereocenters. The highest BCUT2D eigenvalue weighted by molar-refractivity contribution is 6.00. The van der Waals surface area contributed by atoms with E-state index < -0.39 is 4.92 Å². The lowest BCUT2D eigenvalue weighted by molar-refractivity contribution is -0.384. The molecule has 0 bridgehead atoms. The molecule has 3 amide bonds. The van der Waals surface area contributed by atoms with Crippen molar-refractivity contribution < 1.29 is 14.5 Å². The zero-order valence-electron chi connectivity index (χ0n) is 17.7. The number of hydrogen-bond donors (Lipinski definition) is 3. The van der Waals surface area contributed by atoms with Crippen molar-refractivity contribution in [2.45, 2.75) is 39.3 Å². The number of carbonyl (C=O) groups excluding carboxylic acids is 2. The Morgan fingerprint density at radius 3 is 2.39 bits per heavy atom. The zero-order valence-corrected chi connectivity index (χ0v) is 17.7. The maximum Gasteiger partial charge on any atom is 0.319 e. The number of nitro groups is 1.